The molecule has 0 spiro atoms. The van der Waals surface area contributed by atoms with E-state index in [-0.39, 0.29) is 17.7 Å². The van der Waals surface area contributed by atoms with Gasteiger partial charge in [0.1, 0.15) is 0 Å². The molecule has 1 N–H and O–H groups in total. The lowest BCUT2D eigenvalue weighted by Gasteiger charge is -2.32. The smallest absolute Gasteiger partial charge is 0.229 e. The molecule has 3 aromatic rings. The number of nitrogens with zero attached hydrogens (tertiary/aromatic N) is 3. The molecule has 0 saturated carbocycles. The van der Waals surface area contributed by atoms with Gasteiger partial charge < -0.3 is 10.2 Å². The monoisotopic (exact) mass is 416 g/mol. The molecule has 1 aliphatic heterocycles. The number of benzene rings is 2. The van der Waals surface area contributed by atoms with Crippen LogP contribution in [0.4, 0.5) is 5.69 Å². The van der Waals surface area contributed by atoms with E-state index in [1.165, 1.54) is 0 Å². The summed E-state index contributed by atoms with van der Waals surface area (Å²) in [7, 11) is 0. The Labute approximate surface area is 182 Å². The molecular weight excluding hydrogens is 388 g/mol. The van der Waals surface area contributed by atoms with Gasteiger partial charge in [0.25, 0.3) is 0 Å². The molecule has 0 aliphatic carbocycles. The van der Waals surface area contributed by atoms with Crippen molar-refractivity contribution in [2.24, 2.45) is 5.92 Å². The van der Waals surface area contributed by atoms with Crippen LogP contribution in [0.5, 0.6) is 0 Å². The summed E-state index contributed by atoms with van der Waals surface area (Å²) >= 11 is 0. The van der Waals surface area contributed by atoms with Gasteiger partial charge in [-0.1, -0.05) is 36.4 Å². The SMILES string of the molecule is Cc1nn(-c2ccccc2)c(C)c1CC(=O)N1CCCC(C(=O)Nc2ccccc2)C1. The number of hydrogen-bond acceptors (Lipinski definition) is 3. The molecule has 1 aliphatic rings. The fourth-order valence-corrected chi connectivity index (χ4v) is 4.20. The minimum absolute atomic E-state index is 0.0204. The van der Waals surface area contributed by atoms with E-state index in [0.29, 0.717) is 19.5 Å². The number of piperidine rings is 1. The molecule has 1 saturated heterocycles. The van der Waals surface area contributed by atoms with Gasteiger partial charge in [0.15, 0.2) is 0 Å². The van der Waals surface area contributed by atoms with Crippen molar-refractivity contribution in [3.8, 4) is 5.69 Å². The van der Waals surface area contributed by atoms with E-state index in [1.807, 2.05) is 84.1 Å². The first-order chi connectivity index (χ1) is 15.0. The Morgan fingerprint density at radius 2 is 1.71 bits per heavy atom. The van der Waals surface area contributed by atoms with Crippen molar-refractivity contribution in [2.75, 3.05) is 18.4 Å². The third-order valence-corrected chi connectivity index (χ3v) is 5.96. The normalized spacial score (nSPS) is 16.2. The van der Waals surface area contributed by atoms with Crippen molar-refractivity contribution < 1.29 is 9.59 Å². The maximum atomic E-state index is 13.1. The minimum atomic E-state index is -0.188. The number of para-hydroxylation sites is 2. The summed E-state index contributed by atoms with van der Waals surface area (Å²) in [4.78, 5) is 27.6. The third kappa shape index (κ3) is 4.68. The zero-order chi connectivity index (χ0) is 21.8. The van der Waals surface area contributed by atoms with Crippen LogP contribution in [-0.4, -0.2) is 39.6 Å². The number of amides is 2. The first kappa shape index (κ1) is 20.8. The molecule has 4 rings (SSSR count). The highest BCUT2D eigenvalue weighted by atomic mass is 16.2. The van der Waals surface area contributed by atoms with Crippen molar-refractivity contribution in [3.05, 3.63) is 77.6 Å². The second-order valence-corrected chi connectivity index (χ2v) is 8.11. The zero-order valence-electron chi connectivity index (χ0n) is 18.0. The molecule has 0 bridgehead atoms. The van der Waals surface area contributed by atoms with Gasteiger partial charge in [-0.3, -0.25) is 9.59 Å². The number of rotatable bonds is 5. The molecular formula is C25H28N4O2. The van der Waals surface area contributed by atoms with Crippen LogP contribution in [0.25, 0.3) is 5.69 Å². The first-order valence-electron chi connectivity index (χ1n) is 10.8. The number of aromatic nitrogens is 2. The standard InChI is InChI=1S/C25H28N4O2/c1-18-23(19(2)29(27-18)22-13-7-4-8-14-22)16-24(30)28-15-9-10-20(17-28)25(31)26-21-11-5-3-6-12-21/h3-8,11-14,20H,9-10,15-17H2,1-2H3,(H,26,31). The molecule has 2 amide bonds. The summed E-state index contributed by atoms with van der Waals surface area (Å²) < 4.78 is 1.89. The summed E-state index contributed by atoms with van der Waals surface area (Å²) in [5.41, 5.74) is 4.58. The van der Waals surface area contributed by atoms with Crippen LogP contribution in [0, 0.1) is 19.8 Å². The van der Waals surface area contributed by atoms with Gasteiger partial charge in [-0.05, 0) is 51.0 Å². The van der Waals surface area contributed by atoms with Crippen molar-refractivity contribution in [1.29, 1.82) is 0 Å². The largest absolute Gasteiger partial charge is 0.342 e. The summed E-state index contributed by atoms with van der Waals surface area (Å²) in [5, 5.41) is 7.62. The number of nitrogens with one attached hydrogen (secondary N) is 1. The quantitative estimate of drug-likeness (QED) is 0.686. The van der Waals surface area contributed by atoms with Gasteiger partial charge in [-0.25, -0.2) is 4.68 Å². The second-order valence-electron chi connectivity index (χ2n) is 8.11. The van der Waals surface area contributed by atoms with Gasteiger partial charge in [-0.2, -0.15) is 5.10 Å². The number of carbonyl (C=O) groups is 2. The summed E-state index contributed by atoms with van der Waals surface area (Å²) in [6.07, 6.45) is 1.93. The number of likely N-dealkylation sites (tertiary alicyclic amines) is 1. The Kier molecular flexibility index (Phi) is 6.16. The van der Waals surface area contributed by atoms with Crippen LogP contribution in [0.1, 0.15) is 29.8 Å². The summed E-state index contributed by atoms with van der Waals surface area (Å²) in [5.74, 6) is -0.156. The van der Waals surface area contributed by atoms with Gasteiger partial charge in [0.05, 0.1) is 23.7 Å². The Bertz CT molecular complexity index is 1060. The molecule has 1 aromatic heterocycles. The lowest BCUT2D eigenvalue weighted by atomic mass is 9.96. The molecule has 1 unspecified atom stereocenters. The molecule has 2 heterocycles. The molecule has 2 aromatic carbocycles. The number of anilines is 1. The van der Waals surface area contributed by atoms with Crippen molar-refractivity contribution in [1.82, 2.24) is 14.7 Å². The van der Waals surface area contributed by atoms with Crippen LogP contribution in [0.2, 0.25) is 0 Å². The molecule has 160 valence electrons. The van der Waals surface area contributed by atoms with Gasteiger partial charge >= 0.3 is 0 Å². The van der Waals surface area contributed by atoms with Crippen molar-refractivity contribution in [3.63, 3.8) is 0 Å². The average Bonchev–Trinajstić information content (AvgIpc) is 3.08. The Hall–Kier alpha value is -3.41. The molecule has 6 nitrogen and oxygen atoms in total. The number of carbonyl (C=O) groups excluding carboxylic acids is 2. The maximum Gasteiger partial charge on any atom is 0.229 e. The highest BCUT2D eigenvalue weighted by Crippen LogP contribution is 2.22. The minimum Gasteiger partial charge on any atom is -0.342 e. The van der Waals surface area contributed by atoms with E-state index >= 15 is 0 Å². The van der Waals surface area contributed by atoms with E-state index in [0.717, 1.165) is 41.2 Å². The fraction of sp³-hybridized carbons (Fsp3) is 0.320. The molecule has 1 fully saturated rings. The molecule has 1 atom stereocenters. The van der Waals surface area contributed by atoms with Crippen LogP contribution < -0.4 is 5.32 Å². The van der Waals surface area contributed by atoms with Crippen LogP contribution in [0.3, 0.4) is 0 Å². The zero-order valence-corrected chi connectivity index (χ0v) is 18.0. The number of aryl methyl sites for hydroxylation is 1. The third-order valence-electron chi connectivity index (χ3n) is 5.96. The highest BCUT2D eigenvalue weighted by molar-refractivity contribution is 5.93. The van der Waals surface area contributed by atoms with Gasteiger partial charge in [0, 0.05) is 30.0 Å². The average molecular weight is 417 g/mol. The van der Waals surface area contributed by atoms with E-state index in [9.17, 15) is 9.59 Å². The van der Waals surface area contributed by atoms with Crippen LogP contribution >= 0.6 is 0 Å². The summed E-state index contributed by atoms with van der Waals surface area (Å²) in [6, 6.07) is 19.4. The lowest BCUT2D eigenvalue weighted by molar-refractivity contribution is -0.133. The Morgan fingerprint density at radius 3 is 2.42 bits per heavy atom. The highest BCUT2D eigenvalue weighted by Gasteiger charge is 2.29. The van der Waals surface area contributed by atoms with Crippen LogP contribution in [-0.2, 0) is 16.0 Å². The predicted molar refractivity (Wildman–Crippen MR) is 121 cm³/mol. The topological polar surface area (TPSA) is 67.2 Å². The van der Waals surface area contributed by atoms with E-state index in [1.54, 1.807) is 0 Å². The molecule has 6 heteroatoms. The first-order valence-corrected chi connectivity index (χ1v) is 10.8. The molecule has 31 heavy (non-hydrogen) atoms. The van der Waals surface area contributed by atoms with E-state index in [2.05, 4.69) is 10.4 Å². The Balaban J connectivity index is 1.43. The second kappa shape index (κ2) is 9.16. The van der Waals surface area contributed by atoms with Crippen LogP contribution in [0.15, 0.2) is 60.7 Å². The van der Waals surface area contributed by atoms with E-state index < -0.39 is 0 Å². The van der Waals surface area contributed by atoms with E-state index in [4.69, 9.17) is 0 Å². The lowest BCUT2D eigenvalue weighted by Crippen LogP contribution is -2.44. The van der Waals surface area contributed by atoms with Gasteiger partial charge in [-0.15, -0.1) is 0 Å². The van der Waals surface area contributed by atoms with Gasteiger partial charge in [0.2, 0.25) is 11.8 Å². The number of hydrogen-bond donors (Lipinski definition) is 1. The molecule has 0 radical (unpaired) electrons. The fourth-order valence-electron chi connectivity index (χ4n) is 4.20. The Morgan fingerprint density at radius 1 is 1.03 bits per heavy atom. The summed E-state index contributed by atoms with van der Waals surface area (Å²) in [6.45, 7) is 5.10. The van der Waals surface area contributed by atoms with Crippen molar-refractivity contribution >= 4 is 17.5 Å². The predicted octanol–water partition coefficient (Wildman–Crippen LogP) is 3.91. The maximum absolute atomic E-state index is 13.1. The van der Waals surface area contributed by atoms with Crippen molar-refractivity contribution in [2.45, 2.75) is 33.1 Å².